The predicted octanol–water partition coefficient (Wildman–Crippen LogP) is 2.56. The number of amides is 1. The Morgan fingerprint density at radius 1 is 1.41 bits per heavy atom. The molecular weight excluding hydrogens is 238 g/mol. The minimum absolute atomic E-state index is 0.0276. The molecule has 2 rings (SSSR count). The van der Waals surface area contributed by atoms with Crippen LogP contribution in [0.5, 0.6) is 0 Å². The van der Waals surface area contributed by atoms with E-state index >= 15 is 0 Å². The lowest BCUT2D eigenvalue weighted by Gasteiger charge is -1.98. The Labute approximate surface area is 104 Å². The molecule has 1 N–H and O–H groups in total. The van der Waals surface area contributed by atoms with Gasteiger partial charge in [-0.25, -0.2) is 0 Å². The lowest BCUT2D eigenvalue weighted by molar-refractivity contribution is -0.121. The Morgan fingerprint density at radius 2 is 2.06 bits per heavy atom. The van der Waals surface area contributed by atoms with Crippen molar-refractivity contribution in [3.63, 3.8) is 0 Å². The van der Waals surface area contributed by atoms with Gasteiger partial charge in [-0.15, -0.1) is 0 Å². The lowest BCUT2D eigenvalue weighted by Crippen LogP contribution is -2.16. The fourth-order valence-electron chi connectivity index (χ4n) is 1.71. The Morgan fingerprint density at radius 3 is 2.59 bits per heavy atom. The summed E-state index contributed by atoms with van der Waals surface area (Å²) in [5.74, 6) is -0.203. The summed E-state index contributed by atoms with van der Waals surface area (Å²) in [7, 11) is 0. The van der Waals surface area contributed by atoms with E-state index < -0.39 is 0 Å². The molecule has 17 heavy (non-hydrogen) atoms. The van der Waals surface area contributed by atoms with Gasteiger partial charge < -0.3 is 5.32 Å². The number of benzene rings is 1. The van der Waals surface area contributed by atoms with Crippen molar-refractivity contribution in [2.24, 2.45) is 5.92 Å². The molecule has 4 heteroatoms. The van der Waals surface area contributed by atoms with Crippen molar-refractivity contribution < 1.29 is 9.59 Å². The highest BCUT2D eigenvalue weighted by molar-refractivity contribution is 6.30. The average Bonchev–Trinajstić information content (AvgIpc) is 2.58. The Hall–Kier alpha value is -1.61. The summed E-state index contributed by atoms with van der Waals surface area (Å²) >= 11 is 5.74. The van der Waals surface area contributed by atoms with Crippen molar-refractivity contribution in [1.29, 1.82) is 0 Å². The summed E-state index contributed by atoms with van der Waals surface area (Å²) < 4.78 is 0. The number of halogens is 1. The largest absolute Gasteiger partial charge is 0.329 e. The van der Waals surface area contributed by atoms with Crippen molar-refractivity contribution >= 4 is 23.3 Å². The van der Waals surface area contributed by atoms with Crippen LogP contribution in [-0.2, 0) is 4.79 Å². The van der Waals surface area contributed by atoms with E-state index in [0.717, 1.165) is 0 Å². The van der Waals surface area contributed by atoms with Crippen LogP contribution in [0.1, 0.15) is 23.7 Å². The molecule has 1 unspecified atom stereocenters. The van der Waals surface area contributed by atoms with Crippen LogP contribution >= 0.6 is 11.6 Å². The number of hydrogen-bond acceptors (Lipinski definition) is 2. The first kappa shape index (κ1) is 11.9. The molecule has 3 nitrogen and oxygen atoms in total. The second kappa shape index (κ2) is 4.72. The molecule has 88 valence electrons. The summed E-state index contributed by atoms with van der Waals surface area (Å²) in [4.78, 5) is 23.1. The van der Waals surface area contributed by atoms with Crippen LogP contribution < -0.4 is 5.32 Å². The smallest absolute Gasteiger partial charge is 0.227 e. The van der Waals surface area contributed by atoms with Gasteiger partial charge in [-0.3, -0.25) is 9.59 Å². The number of carbonyl (C=O) groups excluding carboxylic acids is 2. The molecule has 1 aromatic carbocycles. The first-order valence-electron chi connectivity index (χ1n) is 5.37. The maximum Gasteiger partial charge on any atom is 0.227 e. The molecule has 1 aromatic rings. The van der Waals surface area contributed by atoms with Crippen LogP contribution in [0.4, 0.5) is 0 Å². The van der Waals surface area contributed by atoms with Gasteiger partial charge in [0.2, 0.25) is 5.91 Å². The average molecular weight is 250 g/mol. The van der Waals surface area contributed by atoms with E-state index in [4.69, 9.17) is 11.6 Å². The molecule has 1 amide bonds. The van der Waals surface area contributed by atoms with Gasteiger partial charge in [-0.05, 0) is 30.7 Å². The summed E-state index contributed by atoms with van der Waals surface area (Å²) in [6.07, 6.45) is 2.07. The number of allylic oxidation sites excluding steroid dienone is 2. The highest BCUT2D eigenvalue weighted by atomic mass is 35.5. The second-order valence-corrected chi connectivity index (χ2v) is 4.57. The zero-order chi connectivity index (χ0) is 12.4. The number of ketones is 1. The molecular formula is C13H12ClNO2. The molecule has 1 atom stereocenters. The van der Waals surface area contributed by atoms with E-state index in [1.54, 1.807) is 24.3 Å². The van der Waals surface area contributed by atoms with Gasteiger partial charge in [-0.1, -0.05) is 18.5 Å². The van der Waals surface area contributed by atoms with Gasteiger partial charge in [0.15, 0.2) is 5.78 Å². The quantitative estimate of drug-likeness (QED) is 0.647. The monoisotopic (exact) mass is 249 g/mol. The van der Waals surface area contributed by atoms with E-state index in [0.29, 0.717) is 22.7 Å². The standard InChI is InChI=1S/C13H12ClNO2/c1-8-6-11(15-13(8)17)7-12(16)9-2-4-10(14)5-3-9/h2-5,7-8H,6H2,1H3,(H,15,17)/b11-7-. The minimum atomic E-state index is -0.119. The van der Waals surface area contributed by atoms with Crippen LogP contribution in [0.3, 0.4) is 0 Å². The summed E-state index contributed by atoms with van der Waals surface area (Å²) in [6.45, 7) is 1.84. The van der Waals surface area contributed by atoms with Gasteiger partial charge >= 0.3 is 0 Å². The van der Waals surface area contributed by atoms with Crippen molar-refractivity contribution in [1.82, 2.24) is 5.32 Å². The third kappa shape index (κ3) is 2.74. The van der Waals surface area contributed by atoms with Crippen molar-refractivity contribution in [3.05, 3.63) is 46.6 Å². The molecule has 1 aliphatic heterocycles. The summed E-state index contributed by atoms with van der Waals surface area (Å²) in [5, 5.41) is 3.29. The van der Waals surface area contributed by atoms with Crippen LogP contribution in [0.25, 0.3) is 0 Å². The SMILES string of the molecule is CC1C/C(=C/C(=O)c2ccc(Cl)cc2)NC1=O. The Kier molecular flexibility index (Phi) is 3.29. The molecule has 0 aromatic heterocycles. The van der Waals surface area contributed by atoms with E-state index in [1.807, 2.05) is 6.92 Å². The summed E-state index contributed by atoms with van der Waals surface area (Å²) in [5.41, 5.74) is 1.25. The number of rotatable bonds is 2. The van der Waals surface area contributed by atoms with Crippen LogP contribution in [-0.4, -0.2) is 11.7 Å². The molecule has 0 saturated carbocycles. The van der Waals surface area contributed by atoms with Gasteiger partial charge in [0.1, 0.15) is 0 Å². The first-order chi connectivity index (χ1) is 8.06. The van der Waals surface area contributed by atoms with Crippen molar-refractivity contribution in [2.75, 3.05) is 0 Å². The second-order valence-electron chi connectivity index (χ2n) is 4.14. The van der Waals surface area contributed by atoms with Gasteiger partial charge in [0.25, 0.3) is 0 Å². The van der Waals surface area contributed by atoms with Crippen LogP contribution in [0, 0.1) is 5.92 Å². The molecule has 1 aliphatic rings. The topological polar surface area (TPSA) is 46.2 Å². The highest BCUT2D eigenvalue weighted by Gasteiger charge is 2.23. The number of nitrogens with one attached hydrogen (secondary N) is 1. The zero-order valence-electron chi connectivity index (χ0n) is 9.37. The van der Waals surface area contributed by atoms with Crippen LogP contribution in [0.15, 0.2) is 36.0 Å². The minimum Gasteiger partial charge on any atom is -0.329 e. The number of carbonyl (C=O) groups is 2. The van der Waals surface area contributed by atoms with E-state index in [2.05, 4.69) is 5.32 Å². The molecule has 1 saturated heterocycles. The van der Waals surface area contributed by atoms with Gasteiger partial charge in [0, 0.05) is 28.3 Å². The Balaban J connectivity index is 2.14. The molecule has 1 fully saturated rings. The lowest BCUT2D eigenvalue weighted by atomic mass is 10.1. The maximum atomic E-state index is 11.9. The zero-order valence-corrected chi connectivity index (χ0v) is 10.1. The van der Waals surface area contributed by atoms with E-state index in [-0.39, 0.29) is 17.6 Å². The fraction of sp³-hybridized carbons (Fsp3) is 0.231. The normalized spacial score (nSPS) is 21.6. The molecule has 0 bridgehead atoms. The highest BCUT2D eigenvalue weighted by Crippen LogP contribution is 2.18. The first-order valence-corrected chi connectivity index (χ1v) is 5.75. The van der Waals surface area contributed by atoms with Crippen molar-refractivity contribution in [2.45, 2.75) is 13.3 Å². The number of hydrogen-bond donors (Lipinski definition) is 1. The van der Waals surface area contributed by atoms with Gasteiger partial charge in [0.05, 0.1) is 0 Å². The van der Waals surface area contributed by atoms with E-state index in [1.165, 1.54) is 6.08 Å². The Bertz CT molecular complexity index is 491. The predicted molar refractivity (Wildman–Crippen MR) is 65.8 cm³/mol. The third-order valence-electron chi connectivity index (χ3n) is 2.69. The fourth-order valence-corrected chi connectivity index (χ4v) is 1.83. The summed E-state index contributed by atoms with van der Waals surface area (Å²) in [6, 6.07) is 6.68. The third-order valence-corrected chi connectivity index (χ3v) is 2.94. The van der Waals surface area contributed by atoms with E-state index in [9.17, 15) is 9.59 Å². The van der Waals surface area contributed by atoms with Crippen molar-refractivity contribution in [3.8, 4) is 0 Å². The molecule has 1 heterocycles. The molecule has 0 spiro atoms. The molecule has 0 aliphatic carbocycles. The van der Waals surface area contributed by atoms with Gasteiger partial charge in [-0.2, -0.15) is 0 Å². The molecule has 0 radical (unpaired) electrons. The maximum absolute atomic E-state index is 11.9. The van der Waals surface area contributed by atoms with Crippen LogP contribution in [0.2, 0.25) is 5.02 Å².